The first-order chi connectivity index (χ1) is 8.24. The first kappa shape index (κ1) is 12.7. The molecule has 3 unspecified atom stereocenters. The molecule has 1 aliphatic heterocycles. The molecule has 0 N–H and O–H groups in total. The SMILES string of the molecule is CCCCCC(CC)OC(=O)N1CC2CC2C1. The molecule has 1 heterocycles. The number of piperidine rings is 1. The summed E-state index contributed by atoms with van der Waals surface area (Å²) in [7, 11) is 0. The van der Waals surface area contributed by atoms with Crippen LogP contribution in [-0.4, -0.2) is 30.2 Å². The fraction of sp³-hybridized carbons (Fsp3) is 0.929. The van der Waals surface area contributed by atoms with Gasteiger partial charge < -0.3 is 9.64 Å². The van der Waals surface area contributed by atoms with Gasteiger partial charge in [0.05, 0.1) is 0 Å². The van der Waals surface area contributed by atoms with Crippen molar-refractivity contribution in [3.8, 4) is 0 Å². The van der Waals surface area contributed by atoms with Gasteiger partial charge >= 0.3 is 6.09 Å². The molecule has 0 aromatic carbocycles. The van der Waals surface area contributed by atoms with Crippen LogP contribution in [0, 0.1) is 11.8 Å². The molecule has 2 rings (SSSR count). The lowest BCUT2D eigenvalue weighted by atomic mass is 10.1. The molecule has 0 radical (unpaired) electrons. The highest BCUT2D eigenvalue weighted by molar-refractivity contribution is 5.68. The molecule has 17 heavy (non-hydrogen) atoms. The number of carbonyl (C=O) groups excluding carboxylic acids is 1. The van der Waals surface area contributed by atoms with Gasteiger partial charge in [0.2, 0.25) is 0 Å². The molecule has 0 spiro atoms. The molecule has 3 atom stereocenters. The Hall–Kier alpha value is -0.730. The topological polar surface area (TPSA) is 29.5 Å². The Morgan fingerprint density at radius 1 is 1.29 bits per heavy atom. The van der Waals surface area contributed by atoms with Crippen LogP contribution in [0.25, 0.3) is 0 Å². The second kappa shape index (κ2) is 5.74. The minimum atomic E-state index is -0.0689. The summed E-state index contributed by atoms with van der Waals surface area (Å²) in [5.74, 6) is 1.59. The van der Waals surface area contributed by atoms with Crippen LogP contribution in [0.4, 0.5) is 4.79 Å². The number of hydrogen-bond acceptors (Lipinski definition) is 2. The van der Waals surface area contributed by atoms with E-state index in [4.69, 9.17) is 4.74 Å². The summed E-state index contributed by atoms with van der Waals surface area (Å²) in [5, 5.41) is 0. The van der Waals surface area contributed by atoms with E-state index in [9.17, 15) is 4.79 Å². The smallest absolute Gasteiger partial charge is 0.410 e. The predicted molar refractivity (Wildman–Crippen MR) is 67.9 cm³/mol. The molecule has 98 valence electrons. The van der Waals surface area contributed by atoms with Gasteiger partial charge in [-0.25, -0.2) is 4.79 Å². The molecule has 0 bridgehead atoms. The molecule has 2 aliphatic rings. The molecule has 3 nitrogen and oxygen atoms in total. The van der Waals surface area contributed by atoms with Crippen LogP contribution >= 0.6 is 0 Å². The van der Waals surface area contributed by atoms with Crippen LogP contribution in [-0.2, 0) is 4.74 Å². The molecule has 1 amide bonds. The second-order valence-corrected chi connectivity index (χ2v) is 5.57. The minimum absolute atomic E-state index is 0.0689. The Balaban J connectivity index is 1.68. The number of unbranched alkanes of at least 4 members (excludes halogenated alkanes) is 2. The molecule has 1 saturated heterocycles. The van der Waals surface area contributed by atoms with Crippen molar-refractivity contribution >= 4 is 6.09 Å². The van der Waals surface area contributed by atoms with E-state index in [-0.39, 0.29) is 12.2 Å². The van der Waals surface area contributed by atoms with Gasteiger partial charge in [0.1, 0.15) is 6.10 Å². The zero-order chi connectivity index (χ0) is 12.3. The van der Waals surface area contributed by atoms with E-state index in [2.05, 4.69) is 13.8 Å². The van der Waals surface area contributed by atoms with Crippen molar-refractivity contribution in [1.29, 1.82) is 0 Å². The molecule has 0 aromatic heterocycles. The molecular formula is C14H25NO2. The van der Waals surface area contributed by atoms with Crippen molar-refractivity contribution in [2.45, 2.75) is 58.5 Å². The fourth-order valence-corrected chi connectivity index (χ4v) is 2.73. The number of carbonyl (C=O) groups is 1. The van der Waals surface area contributed by atoms with Crippen LogP contribution in [0.3, 0.4) is 0 Å². The second-order valence-electron chi connectivity index (χ2n) is 5.57. The summed E-state index contributed by atoms with van der Waals surface area (Å²) in [5.41, 5.74) is 0. The average Bonchev–Trinajstić information content (AvgIpc) is 2.95. The third kappa shape index (κ3) is 3.36. The van der Waals surface area contributed by atoms with Crippen LogP contribution in [0.1, 0.15) is 52.4 Å². The lowest BCUT2D eigenvalue weighted by Gasteiger charge is -2.22. The van der Waals surface area contributed by atoms with E-state index < -0.39 is 0 Å². The summed E-state index contributed by atoms with van der Waals surface area (Å²) in [4.78, 5) is 13.8. The van der Waals surface area contributed by atoms with Gasteiger partial charge in [-0.15, -0.1) is 0 Å². The van der Waals surface area contributed by atoms with Gasteiger partial charge in [-0.05, 0) is 37.5 Å². The van der Waals surface area contributed by atoms with Crippen molar-refractivity contribution in [3.63, 3.8) is 0 Å². The van der Waals surface area contributed by atoms with E-state index in [0.717, 1.165) is 37.8 Å². The Morgan fingerprint density at radius 2 is 2.00 bits per heavy atom. The number of hydrogen-bond donors (Lipinski definition) is 0. The summed E-state index contributed by atoms with van der Waals surface area (Å²) in [6, 6.07) is 0. The molecule has 3 heteroatoms. The normalized spacial score (nSPS) is 27.8. The van der Waals surface area contributed by atoms with Gasteiger partial charge in [0.25, 0.3) is 0 Å². The number of nitrogens with zero attached hydrogens (tertiary/aromatic N) is 1. The monoisotopic (exact) mass is 239 g/mol. The summed E-state index contributed by atoms with van der Waals surface area (Å²) in [6.07, 6.45) is 6.99. The quantitative estimate of drug-likeness (QED) is 0.665. The van der Waals surface area contributed by atoms with Gasteiger partial charge in [0.15, 0.2) is 0 Å². The maximum Gasteiger partial charge on any atom is 0.410 e. The van der Waals surface area contributed by atoms with Crippen molar-refractivity contribution in [2.24, 2.45) is 11.8 Å². The largest absolute Gasteiger partial charge is 0.446 e. The van der Waals surface area contributed by atoms with E-state index in [1.54, 1.807) is 0 Å². The van der Waals surface area contributed by atoms with Crippen LogP contribution < -0.4 is 0 Å². The van der Waals surface area contributed by atoms with Gasteiger partial charge in [0, 0.05) is 13.1 Å². The third-order valence-electron chi connectivity index (χ3n) is 4.09. The number of fused-ring (bicyclic) bond motifs is 1. The summed E-state index contributed by atoms with van der Waals surface area (Å²) < 4.78 is 5.59. The maximum absolute atomic E-state index is 11.9. The number of amides is 1. The van der Waals surface area contributed by atoms with Gasteiger partial charge in [-0.2, -0.15) is 0 Å². The predicted octanol–water partition coefficient (Wildman–Crippen LogP) is 3.43. The number of ether oxygens (including phenoxy) is 1. The highest BCUT2D eigenvalue weighted by atomic mass is 16.6. The molecule has 1 aliphatic carbocycles. The van der Waals surface area contributed by atoms with Gasteiger partial charge in [-0.1, -0.05) is 26.7 Å². The summed E-state index contributed by atoms with van der Waals surface area (Å²) in [6.45, 7) is 6.18. The van der Waals surface area contributed by atoms with Crippen molar-refractivity contribution in [1.82, 2.24) is 4.90 Å². The average molecular weight is 239 g/mol. The highest BCUT2D eigenvalue weighted by Gasteiger charge is 2.47. The molecule has 1 saturated carbocycles. The first-order valence-electron chi connectivity index (χ1n) is 7.20. The molecule has 0 aromatic rings. The highest BCUT2D eigenvalue weighted by Crippen LogP contribution is 2.45. The van der Waals surface area contributed by atoms with E-state index in [1.165, 1.54) is 25.7 Å². The summed E-state index contributed by atoms with van der Waals surface area (Å²) >= 11 is 0. The van der Waals surface area contributed by atoms with Crippen LogP contribution in [0.15, 0.2) is 0 Å². The first-order valence-corrected chi connectivity index (χ1v) is 7.20. The van der Waals surface area contributed by atoms with Crippen molar-refractivity contribution in [3.05, 3.63) is 0 Å². The number of rotatable bonds is 6. The fourth-order valence-electron chi connectivity index (χ4n) is 2.73. The Morgan fingerprint density at radius 3 is 2.59 bits per heavy atom. The van der Waals surface area contributed by atoms with E-state index >= 15 is 0 Å². The third-order valence-corrected chi connectivity index (χ3v) is 4.09. The van der Waals surface area contributed by atoms with Crippen molar-refractivity contribution < 1.29 is 9.53 Å². The Bertz CT molecular complexity index is 257. The van der Waals surface area contributed by atoms with Gasteiger partial charge in [-0.3, -0.25) is 0 Å². The van der Waals surface area contributed by atoms with Crippen molar-refractivity contribution in [2.75, 3.05) is 13.1 Å². The zero-order valence-electron chi connectivity index (χ0n) is 11.2. The Labute approximate surface area is 105 Å². The van der Waals surface area contributed by atoms with E-state index in [0.29, 0.717) is 0 Å². The Kier molecular flexibility index (Phi) is 4.30. The number of likely N-dealkylation sites (tertiary alicyclic amines) is 1. The zero-order valence-corrected chi connectivity index (χ0v) is 11.2. The standard InChI is InChI=1S/C14H25NO2/c1-3-5-6-7-13(4-2)17-14(16)15-9-11-8-12(11)10-15/h11-13H,3-10H2,1-2H3. The molecular weight excluding hydrogens is 214 g/mol. The minimum Gasteiger partial charge on any atom is -0.446 e. The maximum atomic E-state index is 11.9. The van der Waals surface area contributed by atoms with E-state index in [1.807, 2.05) is 4.90 Å². The molecule has 2 fully saturated rings. The van der Waals surface area contributed by atoms with Crippen LogP contribution in [0.2, 0.25) is 0 Å². The lowest BCUT2D eigenvalue weighted by Crippen LogP contribution is -2.33. The lowest BCUT2D eigenvalue weighted by molar-refractivity contribution is 0.0589. The van der Waals surface area contributed by atoms with Crippen LogP contribution in [0.5, 0.6) is 0 Å².